The van der Waals surface area contributed by atoms with Gasteiger partial charge < -0.3 is 5.32 Å². The third kappa shape index (κ3) is 5.60. The van der Waals surface area contributed by atoms with Gasteiger partial charge >= 0.3 is 5.69 Å². The topological polar surface area (TPSA) is 73.1 Å². The molecule has 1 heterocycles. The van der Waals surface area contributed by atoms with Crippen molar-refractivity contribution in [2.24, 2.45) is 0 Å². The predicted molar refractivity (Wildman–Crippen MR) is 141 cm³/mol. The lowest BCUT2D eigenvalue weighted by Gasteiger charge is -2.16. The van der Waals surface area contributed by atoms with Gasteiger partial charge in [0, 0.05) is 18.7 Å². The summed E-state index contributed by atoms with van der Waals surface area (Å²) in [5.41, 5.74) is 5.20. The van der Waals surface area contributed by atoms with Crippen molar-refractivity contribution in [1.29, 1.82) is 0 Å². The van der Waals surface area contributed by atoms with E-state index in [9.17, 15) is 14.4 Å². The highest BCUT2D eigenvalue weighted by Crippen LogP contribution is 2.15. The number of benzene rings is 3. The zero-order valence-electron chi connectivity index (χ0n) is 20.5. The molecule has 0 unspecified atom stereocenters. The van der Waals surface area contributed by atoms with Crippen LogP contribution in [-0.4, -0.2) is 15.0 Å². The third-order valence-electron chi connectivity index (χ3n) is 6.34. The average Bonchev–Trinajstić information content (AvgIpc) is 2.84. The molecule has 0 saturated heterocycles. The number of amides is 1. The van der Waals surface area contributed by atoms with Gasteiger partial charge in [-0.2, -0.15) is 0 Å². The molecule has 1 amide bonds. The molecule has 0 saturated carbocycles. The molecule has 0 aliphatic heterocycles. The van der Waals surface area contributed by atoms with E-state index in [4.69, 9.17) is 0 Å². The molecule has 3 aromatic carbocycles. The normalized spacial score (nSPS) is 11.1. The van der Waals surface area contributed by atoms with Crippen molar-refractivity contribution in [1.82, 2.24) is 9.13 Å². The lowest BCUT2D eigenvalue weighted by molar-refractivity contribution is -0.116. The van der Waals surface area contributed by atoms with E-state index in [2.05, 4.69) is 23.5 Å². The standard InChI is InChI=1S/C29H31N3O3/c1-20-12-15-24(16-13-20)30-27(33)10-6-7-17-31-28(34)25-8-4-5-9-26(25)32(29(31)35)19-23-18-21(2)11-14-22(23)3/h4-5,8-9,11-16,18H,6-7,10,17,19H2,1-3H3,(H,30,33). The molecule has 0 spiro atoms. The molecule has 180 valence electrons. The maximum Gasteiger partial charge on any atom is 0.331 e. The van der Waals surface area contributed by atoms with Crippen LogP contribution in [0.5, 0.6) is 0 Å². The predicted octanol–water partition coefficient (Wildman–Crippen LogP) is 4.95. The number of anilines is 1. The number of aromatic nitrogens is 2. The van der Waals surface area contributed by atoms with Gasteiger partial charge in [-0.3, -0.25) is 18.7 Å². The highest BCUT2D eigenvalue weighted by atomic mass is 16.2. The summed E-state index contributed by atoms with van der Waals surface area (Å²) in [5, 5.41) is 3.41. The van der Waals surface area contributed by atoms with Crippen LogP contribution in [0.2, 0.25) is 0 Å². The summed E-state index contributed by atoms with van der Waals surface area (Å²) in [7, 11) is 0. The summed E-state index contributed by atoms with van der Waals surface area (Å²) < 4.78 is 2.99. The number of carbonyl (C=O) groups is 1. The Morgan fingerprint density at radius 1 is 0.829 bits per heavy atom. The van der Waals surface area contributed by atoms with E-state index in [1.165, 1.54) is 4.57 Å². The molecule has 35 heavy (non-hydrogen) atoms. The smallest absolute Gasteiger partial charge is 0.326 e. The van der Waals surface area contributed by atoms with Crippen LogP contribution < -0.4 is 16.6 Å². The Morgan fingerprint density at radius 2 is 1.54 bits per heavy atom. The minimum absolute atomic E-state index is 0.0768. The van der Waals surface area contributed by atoms with Crippen molar-refractivity contribution in [2.75, 3.05) is 5.32 Å². The quantitative estimate of drug-likeness (QED) is 0.371. The maximum absolute atomic E-state index is 13.4. The molecule has 6 heteroatoms. The molecule has 4 rings (SSSR count). The maximum atomic E-state index is 13.4. The molecule has 1 aromatic heterocycles. The number of unbranched alkanes of at least 4 members (excludes halogenated alkanes) is 1. The average molecular weight is 470 g/mol. The molecule has 6 nitrogen and oxygen atoms in total. The second kappa shape index (κ2) is 10.6. The van der Waals surface area contributed by atoms with Gasteiger partial charge in [0.05, 0.1) is 17.4 Å². The van der Waals surface area contributed by atoms with Crippen molar-refractivity contribution in [3.63, 3.8) is 0 Å². The van der Waals surface area contributed by atoms with Gasteiger partial charge in [-0.05, 0) is 69.0 Å². The molecule has 1 N–H and O–H groups in total. The molecule has 4 aromatic rings. The Kier molecular flexibility index (Phi) is 7.30. The van der Waals surface area contributed by atoms with Gasteiger partial charge in [-0.25, -0.2) is 4.79 Å². The number of fused-ring (bicyclic) bond motifs is 1. The number of nitrogens with one attached hydrogen (secondary N) is 1. The first-order valence-electron chi connectivity index (χ1n) is 12.0. The highest BCUT2D eigenvalue weighted by molar-refractivity contribution is 5.90. The monoisotopic (exact) mass is 469 g/mol. The molecular formula is C29H31N3O3. The fourth-order valence-electron chi connectivity index (χ4n) is 4.28. The first-order chi connectivity index (χ1) is 16.8. The summed E-state index contributed by atoms with van der Waals surface area (Å²) in [4.78, 5) is 38.9. The van der Waals surface area contributed by atoms with E-state index >= 15 is 0 Å². The molecular weight excluding hydrogens is 438 g/mol. The van der Waals surface area contributed by atoms with Crippen LogP contribution in [0.15, 0.2) is 76.3 Å². The Balaban J connectivity index is 1.52. The number of hydrogen-bond acceptors (Lipinski definition) is 3. The largest absolute Gasteiger partial charge is 0.331 e. The summed E-state index contributed by atoms with van der Waals surface area (Å²) >= 11 is 0. The van der Waals surface area contributed by atoms with E-state index in [0.717, 1.165) is 27.9 Å². The van der Waals surface area contributed by atoms with Crippen molar-refractivity contribution in [3.05, 3.63) is 110 Å². The number of nitrogens with zero attached hydrogens (tertiary/aromatic N) is 2. The van der Waals surface area contributed by atoms with Gasteiger partial charge in [0.25, 0.3) is 5.56 Å². The third-order valence-corrected chi connectivity index (χ3v) is 6.34. The number of carbonyl (C=O) groups excluding carboxylic acids is 1. The van der Waals surface area contributed by atoms with Crippen LogP contribution in [0, 0.1) is 20.8 Å². The van der Waals surface area contributed by atoms with E-state index < -0.39 is 0 Å². The SMILES string of the molecule is Cc1ccc(NC(=O)CCCCn2c(=O)c3ccccc3n(Cc3cc(C)ccc3C)c2=O)cc1. The van der Waals surface area contributed by atoms with Gasteiger partial charge in [-0.1, -0.05) is 53.6 Å². The van der Waals surface area contributed by atoms with Gasteiger partial charge in [0.15, 0.2) is 0 Å². The minimum Gasteiger partial charge on any atom is -0.326 e. The number of para-hydroxylation sites is 1. The van der Waals surface area contributed by atoms with Crippen molar-refractivity contribution in [3.8, 4) is 0 Å². The molecule has 0 radical (unpaired) electrons. The van der Waals surface area contributed by atoms with Crippen LogP contribution in [0.3, 0.4) is 0 Å². The van der Waals surface area contributed by atoms with Crippen LogP contribution in [0.25, 0.3) is 10.9 Å². The van der Waals surface area contributed by atoms with Crippen LogP contribution >= 0.6 is 0 Å². The Morgan fingerprint density at radius 3 is 2.31 bits per heavy atom. The van der Waals surface area contributed by atoms with Crippen molar-refractivity contribution < 1.29 is 4.79 Å². The Hall–Kier alpha value is -3.93. The number of rotatable bonds is 8. The number of hydrogen-bond donors (Lipinski definition) is 1. The Labute approximate surface area is 204 Å². The fraction of sp³-hybridized carbons (Fsp3) is 0.276. The molecule has 0 aliphatic rings. The second-order valence-electron chi connectivity index (χ2n) is 9.14. The van der Waals surface area contributed by atoms with Crippen LogP contribution in [-0.2, 0) is 17.9 Å². The summed E-state index contributed by atoms with van der Waals surface area (Å²) in [6.07, 6.45) is 1.46. The van der Waals surface area contributed by atoms with E-state index in [1.807, 2.05) is 63.2 Å². The van der Waals surface area contributed by atoms with Gasteiger partial charge in [-0.15, -0.1) is 0 Å². The fourth-order valence-corrected chi connectivity index (χ4v) is 4.28. The first-order valence-corrected chi connectivity index (χ1v) is 12.0. The van der Waals surface area contributed by atoms with Gasteiger partial charge in [0.1, 0.15) is 0 Å². The highest BCUT2D eigenvalue weighted by Gasteiger charge is 2.14. The number of aryl methyl sites for hydroxylation is 3. The van der Waals surface area contributed by atoms with Crippen molar-refractivity contribution >= 4 is 22.5 Å². The summed E-state index contributed by atoms with van der Waals surface area (Å²) in [5.74, 6) is -0.0768. The molecule has 0 atom stereocenters. The van der Waals surface area contributed by atoms with Crippen LogP contribution in [0.4, 0.5) is 5.69 Å². The second-order valence-corrected chi connectivity index (χ2v) is 9.14. The molecule has 0 fully saturated rings. The zero-order chi connectivity index (χ0) is 24.9. The lowest BCUT2D eigenvalue weighted by Crippen LogP contribution is -2.40. The Bertz CT molecular complexity index is 1480. The van der Waals surface area contributed by atoms with E-state index in [-0.39, 0.29) is 23.7 Å². The summed E-state index contributed by atoms with van der Waals surface area (Å²) in [6.45, 7) is 6.72. The zero-order valence-corrected chi connectivity index (χ0v) is 20.5. The van der Waals surface area contributed by atoms with Crippen molar-refractivity contribution in [2.45, 2.75) is 53.1 Å². The van der Waals surface area contributed by atoms with E-state index in [1.54, 1.807) is 10.6 Å². The lowest BCUT2D eigenvalue weighted by atomic mass is 10.1. The van der Waals surface area contributed by atoms with Gasteiger partial charge in [0.2, 0.25) is 5.91 Å². The molecule has 0 aliphatic carbocycles. The minimum atomic E-state index is -0.321. The molecule has 0 bridgehead atoms. The van der Waals surface area contributed by atoms with E-state index in [0.29, 0.717) is 36.7 Å². The van der Waals surface area contributed by atoms with Crippen LogP contribution in [0.1, 0.15) is 41.5 Å². The summed E-state index contributed by atoms with van der Waals surface area (Å²) in [6, 6.07) is 21.1. The first kappa shape index (κ1) is 24.2.